The maximum Gasteiger partial charge on any atom is 0.257 e. The highest BCUT2D eigenvalue weighted by molar-refractivity contribution is 9.10. The first-order valence-corrected chi connectivity index (χ1v) is 7.15. The first kappa shape index (κ1) is 14.4. The van der Waals surface area contributed by atoms with Gasteiger partial charge in [0.15, 0.2) is 0 Å². The van der Waals surface area contributed by atoms with Gasteiger partial charge in [-0.2, -0.15) is 0 Å². The number of carbonyl (C=O) groups is 1. The molecule has 98 valence electrons. The van der Waals surface area contributed by atoms with E-state index < -0.39 is 0 Å². The summed E-state index contributed by atoms with van der Waals surface area (Å²) in [4.78, 5) is 12.9. The third kappa shape index (κ3) is 3.53. The van der Waals surface area contributed by atoms with Crippen molar-refractivity contribution in [2.24, 2.45) is 0 Å². The third-order valence-electron chi connectivity index (χ3n) is 2.56. The van der Waals surface area contributed by atoms with E-state index in [0.29, 0.717) is 21.2 Å². The van der Waals surface area contributed by atoms with E-state index in [-0.39, 0.29) is 5.91 Å². The number of amides is 1. The van der Waals surface area contributed by atoms with Gasteiger partial charge >= 0.3 is 0 Å². The molecular formula is C14H11BrClNOS. The van der Waals surface area contributed by atoms with Gasteiger partial charge in [0.25, 0.3) is 5.91 Å². The van der Waals surface area contributed by atoms with Gasteiger partial charge < -0.3 is 5.32 Å². The Hall–Kier alpha value is -0.970. The molecule has 2 nitrogen and oxygen atoms in total. The summed E-state index contributed by atoms with van der Waals surface area (Å²) >= 11 is 13.6. The summed E-state index contributed by atoms with van der Waals surface area (Å²) in [6.45, 7) is 1.96. The second-order valence-corrected chi connectivity index (χ2v) is 5.88. The molecule has 0 radical (unpaired) electrons. The van der Waals surface area contributed by atoms with Gasteiger partial charge in [-0.3, -0.25) is 4.79 Å². The predicted octanol–water partition coefficient (Wildman–Crippen LogP) is 4.95. The monoisotopic (exact) mass is 355 g/mol. The number of hydrogen-bond acceptors (Lipinski definition) is 2. The molecule has 19 heavy (non-hydrogen) atoms. The summed E-state index contributed by atoms with van der Waals surface area (Å²) in [5, 5.41) is 3.23. The Labute approximate surface area is 130 Å². The predicted molar refractivity (Wildman–Crippen MR) is 85.5 cm³/mol. The molecule has 0 unspecified atom stereocenters. The van der Waals surface area contributed by atoms with Crippen LogP contribution in [-0.2, 0) is 0 Å². The van der Waals surface area contributed by atoms with E-state index in [0.717, 1.165) is 10.0 Å². The zero-order chi connectivity index (χ0) is 14.0. The van der Waals surface area contributed by atoms with Crippen LogP contribution in [0.5, 0.6) is 0 Å². The van der Waals surface area contributed by atoms with Crippen molar-refractivity contribution in [2.45, 2.75) is 11.8 Å². The third-order valence-corrected chi connectivity index (χ3v) is 3.86. The fraction of sp³-hybridized carbons (Fsp3) is 0.0714. The summed E-state index contributed by atoms with van der Waals surface area (Å²) in [6, 6.07) is 10.8. The highest BCUT2D eigenvalue weighted by atomic mass is 79.9. The quantitative estimate of drug-likeness (QED) is 0.732. The van der Waals surface area contributed by atoms with Crippen molar-refractivity contribution in [3.63, 3.8) is 0 Å². The molecule has 1 N–H and O–H groups in total. The van der Waals surface area contributed by atoms with Crippen LogP contribution < -0.4 is 5.32 Å². The number of hydrogen-bond donors (Lipinski definition) is 2. The van der Waals surface area contributed by atoms with Crippen LogP contribution in [0.3, 0.4) is 0 Å². The maximum atomic E-state index is 12.2. The summed E-state index contributed by atoms with van der Waals surface area (Å²) in [5.74, 6) is -0.257. The van der Waals surface area contributed by atoms with Crippen LogP contribution in [0.2, 0.25) is 5.02 Å². The summed E-state index contributed by atoms with van der Waals surface area (Å²) in [7, 11) is 0. The minimum absolute atomic E-state index is 0.257. The second-order valence-electron chi connectivity index (χ2n) is 4.10. The van der Waals surface area contributed by atoms with Gasteiger partial charge in [-0.25, -0.2) is 0 Å². The first-order valence-electron chi connectivity index (χ1n) is 5.53. The van der Waals surface area contributed by atoms with Gasteiger partial charge in [-0.05, 0) is 58.7 Å². The Balaban J connectivity index is 2.30. The molecule has 0 saturated heterocycles. The lowest BCUT2D eigenvalue weighted by molar-refractivity contribution is 0.102. The molecule has 5 heteroatoms. The SMILES string of the molecule is Cc1ccc(Br)c(NC(=O)c2cc(S)ccc2Cl)c1. The number of benzene rings is 2. The zero-order valence-corrected chi connectivity index (χ0v) is 13.3. The number of thiol groups is 1. The molecule has 0 aliphatic rings. The van der Waals surface area contributed by atoms with Gasteiger partial charge in [-0.15, -0.1) is 12.6 Å². The van der Waals surface area contributed by atoms with Crippen LogP contribution in [0.25, 0.3) is 0 Å². The molecule has 0 aromatic heterocycles. The smallest absolute Gasteiger partial charge is 0.257 e. The number of carbonyl (C=O) groups excluding carboxylic acids is 1. The van der Waals surface area contributed by atoms with Crippen molar-refractivity contribution in [2.75, 3.05) is 5.32 Å². The number of rotatable bonds is 2. The fourth-order valence-corrected chi connectivity index (χ4v) is 2.36. The molecule has 0 fully saturated rings. The molecular weight excluding hydrogens is 346 g/mol. The molecule has 0 aliphatic carbocycles. The molecule has 1 amide bonds. The molecule has 0 spiro atoms. The van der Waals surface area contributed by atoms with Gasteiger partial charge in [0.2, 0.25) is 0 Å². The van der Waals surface area contributed by atoms with E-state index in [1.165, 1.54) is 0 Å². The lowest BCUT2D eigenvalue weighted by Crippen LogP contribution is -2.13. The molecule has 2 rings (SSSR count). The lowest BCUT2D eigenvalue weighted by Gasteiger charge is -2.10. The van der Waals surface area contributed by atoms with E-state index in [1.807, 2.05) is 25.1 Å². The minimum Gasteiger partial charge on any atom is -0.321 e. The van der Waals surface area contributed by atoms with Crippen LogP contribution in [-0.4, -0.2) is 5.91 Å². The van der Waals surface area contributed by atoms with Gasteiger partial charge in [-0.1, -0.05) is 17.7 Å². The molecule has 0 aliphatic heterocycles. The topological polar surface area (TPSA) is 29.1 Å². The minimum atomic E-state index is -0.257. The van der Waals surface area contributed by atoms with Crippen molar-refractivity contribution < 1.29 is 4.79 Å². The fourth-order valence-electron chi connectivity index (χ4n) is 1.61. The van der Waals surface area contributed by atoms with Crippen molar-refractivity contribution >= 4 is 51.8 Å². The van der Waals surface area contributed by atoms with Crippen LogP contribution >= 0.6 is 40.2 Å². The Kier molecular flexibility index (Phi) is 4.55. The largest absolute Gasteiger partial charge is 0.321 e. The second kappa shape index (κ2) is 5.99. The van der Waals surface area contributed by atoms with Gasteiger partial charge in [0, 0.05) is 9.37 Å². The van der Waals surface area contributed by atoms with E-state index in [1.54, 1.807) is 18.2 Å². The van der Waals surface area contributed by atoms with Crippen molar-refractivity contribution in [1.82, 2.24) is 0 Å². The highest BCUT2D eigenvalue weighted by Gasteiger charge is 2.12. The first-order chi connectivity index (χ1) is 8.97. The summed E-state index contributed by atoms with van der Waals surface area (Å²) in [6.07, 6.45) is 0. The summed E-state index contributed by atoms with van der Waals surface area (Å²) in [5.41, 5.74) is 2.18. The molecule has 0 atom stereocenters. The molecule has 0 bridgehead atoms. The molecule has 0 heterocycles. The number of nitrogens with one attached hydrogen (secondary N) is 1. The Morgan fingerprint density at radius 2 is 2.00 bits per heavy atom. The Bertz CT molecular complexity index is 645. The number of anilines is 1. The Morgan fingerprint density at radius 3 is 2.74 bits per heavy atom. The van der Waals surface area contributed by atoms with E-state index in [2.05, 4.69) is 33.9 Å². The molecule has 2 aromatic carbocycles. The van der Waals surface area contributed by atoms with Crippen LogP contribution in [0.15, 0.2) is 45.8 Å². The van der Waals surface area contributed by atoms with Crippen LogP contribution in [0.1, 0.15) is 15.9 Å². The zero-order valence-electron chi connectivity index (χ0n) is 10.1. The normalized spacial score (nSPS) is 10.3. The molecule has 2 aromatic rings. The van der Waals surface area contributed by atoms with E-state index in [4.69, 9.17) is 11.6 Å². The van der Waals surface area contributed by atoms with Gasteiger partial charge in [0.05, 0.1) is 16.3 Å². The average Bonchev–Trinajstić information content (AvgIpc) is 2.36. The lowest BCUT2D eigenvalue weighted by atomic mass is 10.2. The van der Waals surface area contributed by atoms with E-state index >= 15 is 0 Å². The highest BCUT2D eigenvalue weighted by Crippen LogP contribution is 2.26. The standard InChI is InChI=1S/C14H11BrClNOS/c1-8-2-4-11(15)13(6-8)17-14(18)10-7-9(19)3-5-12(10)16/h2-7,19H,1H3,(H,17,18). The number of aryl methyl sites for hydroxylation is 1. The van der Waals surface area contributed by atoms with E-state index in [9.17, 15) is 4.79 Å². The van der Waals surface area contributed by atoms with Crippen LogP contribution in [0.4, 0.5) is 5.69 Å². The number of halogens is 2. The van der Waals surface area contributed by atoms with Gasteiger partial charge in [0.1, 0.15) is 0 Å². The van der Waals surface area contributed by atoms with Crippen molar-refractivity contribution in [3.05, 3.63) is 57.0 Å². The maximum absolute atomic E-state index is 12.2. The Morgan fingerprint density at radius 1 is 1.26 bits per heavy atom. The van der Waals surface area contributed by atoms with Crippen molar-refractivity contribution in [3.8, 4) is 0 Å². The van der Waals surface area contributed by atoms with Crippen molar-refractivity contribution in [1.29, 1.82) is 0 Å². The van der Waals surface area contributed by atoms with Crippen LogP contribution in [0, 0.1) is 6.92 Å². The molecule has 0 saturated carbocycles. The average molecular weight is 357 g/mol. The summed E-state index contributed by atoms with van der Waals surface area (Å²) < 4.78 is 0.824.